The van der Waals surface area contributed by atoms with Gasteiger partial charge in [0.15, 0.2) is 0 Å². The molecule has 0 spiro atoms. The van der Waals surface area contributed by atoms with Crippen LogP contribution in [0.3, 0.4) is 0 Å². The summed E-state index contributed by atoms with van der Waals surface area (Å²) in [7, 11) is 6.71. The van der Waals surface area contributed by atoms with E-state index in [1.807, 2.05) is 0 Å². The summed E-state index contributed by atoms with van der Waals surface area (Å²) in [5.41, 5.74) is 8.07. The van der Waals surface area contributed by atoms with Crippen LogP contribution >= 0.6 is 0 Å². The van der Waals surface area contributed by atoms with Crippen LogP contribution in [-0.2, 0) is 0 Å². The normalized spacial score (nSPS) is 11.1. The number of unbranched alkanes of at least 4 members (excludes halogenated alkanes) is 5. The van der Waals surface area contributed by atoms with E-state index in [1.54, 1.807) is 0 Å². The molecule has 4 heteroatoms. The number of hydrogen-bond acceptors (Lipinski definition) is 1. The van der Waals surface area contributed by atoms with E-state index in [1.165, 1.54) is 38.6 Å². The molecule has 0 aliphatic rings. The summed E-state index contributed by atoms with van der Waals surface area (Å²) >= 11 is 0. The Hall–Kier alpha value is -0.730. The van der Waals surface area contributed by atoms with Gasteiger partial charge in [0.2, 0.25) is 0 Å². The molecule has 0 bridgehead atoms. The summed E-state index contributed by atoms with van der Waals surface area (Å²) in [5, 5.41) is 3.52. The highest BCUT2D eigenvalue weighted by Crippen LogP contribution is 2.07. The van der Waals surface area contributed by atoms with Crippen LogP contribution < -0.4 is 0 Å². The fourth-order valence-electron chi connectivity index (χ4n) is 1.52. The van der Waals surface area contributed by atoms with Crippen molar-refractivity contribution in [3.05, 3.63) is 10.4 Å². The molecule has 0 aromatic carbocycles. The lowest BCUT2D eigenvalue weighted by molar-refractivity contribution is -0.870. The summed E-state index contributed by atoms with van der Waals surface area (Å²) in [5.74, 6) is 0. The second kappa shape index (κ2) is 8.57. The van der Waals surface area contributed by atoms with Crippen LogP contribution in [-0.4, -0.2) is 38.7 Å². The maximum Gasteiger partial charge on any atom is 0.0780 e. The summed E-state index contributed by atoms with van der Waals surface area (Å²) in [6, 6.07) is 0. The molecule has 4 nitrogen and oxygen atoms in total. The fourth-order valence-corrected chi connectivity index (χ4v) is 1.52. The molecule has 0 aliphatic carbocycles. The number of quaternary nitrogens is 1. The Morgan fingerprint density at radius 1 is 0.933 bits per heavy atom. The smallest absolute Gasteiger partial charge is 0.0780 e. The number of nitrogens with zero attached hydrogens (tertiary/aromatic N) is 4. The van der Waals surface area contributed by atoms with Crippen molar-refractivity contribution >= 4 is 0 Å². The molecule has 0 amide bonds. The Kier molecular flexibility index (Phi) is 8.15. The molecule has 0 rings (SSSR count). The van der Waals surface area contributed by atoms with Crippen molar-refractivity contribution in [1.29, 1.82) is 0 Å². The zero-order chi connectivity index (χ0) is 11.6. The standard InChI is InChI=1S/C11H25N4/c1-15(2,3)11-9-7-5-4-6-8-10-13-14-12/h4-11H2,1-3H3/q+1. The minimum absolute atomic E-state index is 0.662. The fraction of sp³-hybridized carbons (Fsp3) is 1.00. The molecular weight excluding hydrogens is 188 g/mol. The zero-order valence-corrected chi connectivity index (χ0v) is 10.4. The van der Waals surface area contributed by atoms with E-state index in [9.17, 15) is 0 Å². The molecule has 0 aromatic heterocycles. The van der Waals surface area contributed by atoms with Crippen molar-refractivity contribution in [2.45, 2.75) is 38.5 Å². The van der Waals surface area contributed by atoms with Crippen LogP contribution in [0.25, 0.3) is 10.4 Å². The molecule has 0 N–H and O–H groups in total. The maximum atomic E-state index is 8.07. The molecular formula is C11H25N4+. The summed E-state index contributed by atoms with van der Waals surface area (Å²) in [6.07, 6.45) is 7.48. The summed E-state index contributed by atoms with van der Waals surface area (Å²) < 4.78 is 1.07. The molecule has 0 radical (unpaired) electrons. The summed E-state index contributed by atoms with van der Waals surface area (Å²) in [4.78, 5) is 2.73. The molecule has 15 heavy (non-hydrogen) atoms. The minimum Gasteiger partial charge on any atom is -0.331 e. The van der Waals surface area contributed by atoms with Gasteiger partial charge >= 0.3 is 0 Å². The largest absolute Gasteiger partial charge is 0.331 e. The highest BCUT2D eigenvalue weighted by atomic mass is 15.3. The van der Waals surface area contributed by atoms with Crippen LogP contribution in [0, 0.1) is 0 Å². The van der Waals surface area contributed by atoms with Gasteiger partial charge < -0.3 is 4.48 Å². The first-order valence-electron chi connectivity index (χ1n) is 5.87. The van der Waals surface area contributed by atoms with Gasteiger partial charge in [-0.05, 0) is 24.8 Å². The Labute approximate surface area is 93.5 Å². The van der Waals surface area contributed by atoms with Gasteiger partial charge in [-0.1, -0.05) is 24.4 Å². The molecule has 0 heterocycles. The van der Waals surface area contributed by atoms with E-state index < -0.39 is 0 Å². The Bertz CT molecular complexity index is 189. The van der Waals surface area contributed by atoms with E-state index >= 15 is 0 Å². The molecule has 0 unspecified atom stereocenters. The van der Waals surface area contributed by atoms with Gasteiger partial charge in [0.25, 0.3) is 0 Å². The molecule has 0 aliphatic heterocycles. The lowest BCUT2D eigenvalue weighted by Gasteiger charge is -2.23. The van der Waals surface area contributed by atoms with Gasteiger partial charge in [-0.15, -0.1) is 0 Å². The minimum atomic E-state index is 0.662. The number of hydrogen-bond donors (Lipinski definition) is 0. The summed E-state index contributed by atoms with van der Waals surface area (Å²) in [6.45, 7) is 1.92. The SMILES string of the molecule is C[N+](C)(C)CCCCCCCCN=[N+]=[N-]. The average molecular weight is 213 g/mol. The first kappa shape index (κ1) is 14.3. The second-order valence-corrected chi connectivity index (χ2v) is 5.09. The molecule has 0 saturated heterocycles. The Balaban J connectivity index is 3.08. The van der Waals surface area contributed by atoms with Gasteiger partial charge in [0, 0.05) is 11.5 Å². The lowest BCUT2D eigenvalue weighted by Crippen LogP contribution is -2.35. The average Bonchev–Trinajstić information content (AvgIpc) is 2.14. The van der Waals surface area contributed by atoms with E-state index in [0.717, 1.165) is 10.9 Å². The predicted octanol–water partition coefficient (Wildman–Crippen LogP) is 3.34. The third kappa shape index (κ3) is 13.3. The van der Waals surface area contributed by atoms with Crippen LogP contribution in [0.2, 0.25) is 0 Å². The lowest BCUT2D eigenvalue weighted by atomic mass is 10.1. The topological polar surface area (TPSA) is 48.8 Å². The van der Waals surface area contributed by atoms with Crippen molar-refractivity contribution < 1.29 is 4.48 Å². The van der Waals surface area contributed by atoms with Crippen molar-refractivity contribution in [1.82, 2.24) is 0 Å². The van der Waals surface area contributed by atoms with Crippen molar-refractivity contribution in [3.63, 3.8) is 0 Å². The van der Waals surface area contributed by atoms with Crippen LogP contribution in [0.15, 0.2) is 5.11 Å². The first-order chi connectivity index (χ1) is 7.06. The molecule has 88 valence electrons. The van der Waals surface area contributed by atoms with Crippen LogP contribution in [0.1, 0.15) is 38.5 Å². The van der Waals surface area contributed by atoms with Gasteiger partial charge in [0.1, 0.15) is 0 Å². The highest BCUT2D eigenvalue weighted by molar-refractivity contribution is 4.49. The van der Waals surface area contributed by atoms with Crippen LogP contribution in [0.4, 0.5) is 0 Å². The Morgan fingerprint density at radius 2 is 1.47 bits per heavy atom. The molecule has 0 atom stereocenters. The van der Waals surface area contributed by atoms with Crippen LogP contribution in [0.5, 0.6) is 0 Å². The van der Waals surface area contributed by atoms with Crippen molar-refractivity contribution in [3.8, 4) is 0 Å². The number of azide groups is 1. The highest BCUT2D eigenvalue weighted by Gasteiger charge is 2.04. The molecule has 0 saturated carbocycles. The molecule has 0 aromatic rings. The maximum absolute atomic E-state index is 8.07. The number of rotatable bonds is 9. The van der Waals surface area contributed by atoms with Gasteiger partial charge in [-0.3, -0.25) is 0 Å². The zero-order valence-electron chi connectivity index (χ0n) is 10.4. The van der Waals surface area contributed by atoms with E-state index in [-0.39, 0.29) is 0 Å². The van der Waals surface area contributed by atoms with E-state index in [4.69, 9.17) is 5.53 Å². The predicted molar refractivity (Wildman–Crippen MR) is 64.6 cm³/mol. The monoisotopic (exact) mass is 213 g/mol. The van der Waals surface area contributed by atoms with Gasteiger partial charge in [-0.25, -0.2) is 0 Å². The quantitative estimate of drug-likeness (QED) is 0.185. The second-order valence-electron chi connectivity index (χ2n) is 5.09. The van der Waals surface area contributed by atoms with E-state index in [2.05, 4.69) is 31.2 Å². The third-order valence-corrected chi connectivity index (χ3v) is 2.40. The van der Waals surface area contributed by atoms with Crippen molar-refractivity contribution in [2.75, 3.05) is 34.2 Å². The van der Waals surface area contributed by atoms with Crippen molar-refractivity contribution in [2.24, 2.45) is 5.11 Å². The van der Waals surface area contributed by atoms with Gasteiger partial charge in [0.05, 0.1) is 27.7 Å². The first-order valence-corrected chi connectivity index (χ1v) is 5.87. The third-order valence-electron chi connectivity index (χ3n) is 2.40. The molecule has 0 fully saturated rings. The Morgan fingerprint density at radius 3 is 2.00 bits per heavy atom. The van der Waals surface area contributed by atoms with E-state index in [0.29, 0.717) is 6.54 Å². The van der Waals surface area contributed by atoms with Gasteiger partial charge in [-0.2, -0.15) is 0 Å².